The monoisotopic (exact) mass is 690 g/mol. The fourth-order valence-corrected chi connectivity index (χ4v) is 6.11. The molecule has 2 N–H and O–H groups in total. The topological polar surface area (TPSA) is 152 Å². The lowest BCUT2D eigenvalue weighted by atomic mass is 9.99. The van der Waals surface area contributed by atoms with Gasteiger partial charge in [-0.25, -0.2) is 14.4 Å². The van der Waals surface area contributed by atoms with Gasteiger partial charge in [-0.2, -0.15) is 14.9 Å². The average Bonchev–Trinajstić information content (AvgIpc) is 3.57. The van der Waals surface area contributed by atoms with Crippen LogP contribution < -0.4 is 20.5 Å². The first-order valence-corrected chi connectivity index (χ1v) is 17.5. The largest absolute Gasteiger partial charge is 0.475 e. The van der Waals surface area contributed by atoms with Crippen LogP contribution in [-0.4, -0.2) is 81.5 Å². The number of anilines is 2. The van der Waals surface area contributed by atoms with Crippen LogP contribution in [0.2, 0.25) is 0 Å². The number of halogens is 1. The van der Waals surface area contributed by atoms with E-state index in [0.717, 1.165) is 79.5 Å². The van der Waals surface area contributed by atoms with Crippen LogP contribution in [0.3, 0.4) is 0 Å². The van der Waals surface area contributed by atoms with Crippen LogP contribution >= 0.6 is 0 Å². The summed E-state index contributed by atoms with van der Waals surface area (Å²) in [7, 11) is 0. The van der Waals surface area contributed by atoms with Crippen LogP contribution in [0.5, 0.6) is 5.88 Å². The first-order chi connectivity index (χ1) is 24.5. The van der Waals surface area contributed by atoms with Gasteiger partial charge >= 0.3 is 0 Å². The smallest absolute Gasteiger partial charge is 0.287 e. The molecule has 268 valence electrons. The van der Waals surface area contributed by atoms with Crippen LogP contribution in [0, 0.1) is 17.1 Å². The van der Waals surface area contributed by atoms with Gasteiger partial charge in [0.05, 0.1) is 26.0 Å². The molecule has 0 saturated carbocycles. The number of hydrogen-bond donors (Lipinski definition) is 2. The molecule has 0 aliphatic carbocycles. The van der Waals surface area contributed by atoms with Gasteiger partial charge in [-0.05, 0) is 69.1 Å². The molecule has 14 heteroatoms. The molecule has 1 fully saturated rings. The summed E-state index contributed by atoms with van der Waals surface area (Å²) in [4.78, 5) is 23.7. The number of unbranched alkanes of at least 4 members (excludes halogenated alkanes) is 2. The summed E-state index contributed by atoms with van der Waals surface area (Å²) in [6.07, 6.45) is 10.8. The fourth-order valence-electron chi connectivity index (χ4n) is 6.11. The third-order valence-corrected chi connectivity index (χ3v) is 8.83. The number of piperidine rings is 1. The summed E-state index contributed by atoms with van der Waals surface area (Å²) in [6, 6.07) is 10.4. The Kier molecular flexibility index (Phi) is 13.9. The number of aliphatic hydroxyl groups is 1. The van der Waals surface area contributed by atoms with Crippen molar-refractivity contribution in [3.63, 3.8) is 0 Å². The Balaban J connectivity index is 0.987. The van der Waals surface area contributed by atoms with Gasteiger partial charge in [0.2, 0.25) is 5.88 Å². The number of fused-ring (bicyclic) bond motifs is 1. The standard InChI is InChI=1S/C36H47FN8O5/c1-2-28-26-41-45-32(22-33(42-35(28)45)43-14-6-4-8-29(43)13-16-46)39-24-27-9-12-34(40-25-27)50-21-20-49-19-18-48-17-7-3-5-15-44-30(23-38)10-11-31(37)36(44)47/h9-12,22,25-26,29,39,46H,2-8,13-21,24H2,1H3/t29-/m0/s1. The van der Waals surface area contributed by atoms with Crippen molar-refractivity contribution in [1.29, 1.82) is 5.26 Å². The maximum Gasteiger partial charge on any atom is 0.287 e. The van der Waals surface area contributed by atoms with E-state index in [1.54, 1.807) is 6.20 Å². The Bertz CT molecular complexity index is 1750. The number of aliphatic hydroxyl groups excluding tert-OH is 1. The zero-order chi connectivity index (χ0) is 35.1. The molecule has 1 aliphatic heterocycles. The number of aryl methyl sites for hydroxylation is 1. The normalized spacial score (nSPS) is 14.6. The highest BCUT2D eigenvalue weighted by Gasteiger charge is 2.25. The molecule has 0 spiro atoms. The van der Waals surface area contributed by atoms with Crippen molar-refractivity contribution in [1.82, 2.24) is 24.1 Å². The second kappa shape index (κ2) is 19.0. The lowest BCUT2D eigenvalue weighted by Crippen LogP contribution is -2.40. The van der Waals surface area contributed by atoms with E-state index in [-0.39, 0.29) is 18.3 Å². The predicted molar refractivity (Wildman–Crippen MR) is 187 cm³/mol. The third kappa shape index (κ3) is 9.77. The molecule has 0 radical (unpaired) electrons. The molecular formula is C36H47FN8O5. The van der Waals surface area contributed by atoms with Gasteiger partial charge in [-0.1, -0.05) is 13.0 Å². The lowest BCUT2D eigenvalue weighted by Gasteiger charge is -2.36. The molecule has 13 nitrogen and oxygen atoms in total. The highest BCUT2D eigenvalue weighted by atomic mass is 19.1. The summed E-state index contributed by atoms with van der Waals surface area (Å²) in [6.45, 7) is 6.24. The quantitative estimate of drug-likeness (QED) is 0.126. The van der Waals surface area contributed by atoms with Gasteiger partial charge in [0, 0.05) is 62.8 Å². The second-order valence-corrected chi connectivity index (χ2v) is 12.2. The van der Waals surface area contributed by atoms with Crippen LogP contribution in [0.25, 0.3) is 5.65 Å². The van der Waals surface area contributed by atoms with Gasteiger partial charge in [0.1, 0.15) is 30.0 Å². The molecule has 5 heterocycles. The minimum absolute atomic E-state index is 0.161. The highest BCUT2D eigenvalue weighted by molar-refractivity contribution is 5.61. The van der Waals surface area contributed by atoms with Gasteiger partial charge in [-0.3, -0.25) is 9.36 Å². The number of rotatable bonds is 20. The SMILES string of the molecule is CCc1cnn2c(NCc3ccc(OCCOCCOCCCCCn4c(C#N)ccc(F)c4=O)nc3)cc(N3CCCC[C@H]3CCO)nc12. The van der Waals surface area contributed by atoms with E-state index in [1.165, 1.54) is 17.1 Å². The summed E-state index contributed by atoms with van der Waals surface area (Å²) >= 11 is 0. The molecule has 50 heavy (non-hydrogen) atoms. The molecule has 4 aromatic heterocycles. The van der Waals surface area contributed by atoms with Gasteiger partial charge in [0.25, 0.3) is 5.56 Å². The zero-order valence-electron chi connectivity index (χ0n) is 28.7. The molecule has 0 aromatic carbocycles. The van der Waals surface area contributed by atoms with Gasteiger partial charge < -0.3 is 29.5 Å². The first-order valence-electron chi connectivity index (χ1n) is 17.5. The molecule has 0 amide bonds. The van der Waals surface area contributed by atoms with E-state index in [0.29, 0.717) is 58.4 Å². The number of pyridine rings is 2. The highest BCUT2D eigenvalue weighted by Crippen LogP contribution is 2.29. The number of nitrogens with zero attached hydrogens (tertiary/aromatic N) is 7. The van der Waals surface area contributed by atoms with E-state index in [2.05, 4.69) is 33.3 Å². The van der Waals surface area contributed by atoms with Gasteiger partial charge in [0.15, 0.2) is 11.5 Å². The Morgan fingerprint density at radius 2 is 1.90 bits per heavy atom. The van der Waals surface area contributed by atoms with Crippen LogP contribution in [-0.2, 0) is 29.0 Å². The Hall–Kier alpha value is -4.58. The summed E-state index contributed by atoms with van der Waals surface area (Å²) < 4.78 is 33.5. The predicted octanol–water partition coefficient (Wildman–Crippen LogP) is 4.50. The molecule has 1 saturated heterocycles. The third-order valence-electron chi connectivity index (χ3n) is 8.83. The maximum atomic E-state index is 13.5. The molecule has 1 atom stereocenters. The Labute approximate surface area is 291 Å². The molecule has 5 rings (SSSR count). The van der Waals surface area contributed by atoms with Crippen molar-refractivity contribution in [3.05, 3.63) is 75.7 Å². The number of aromatic nitrogens is 5. The summed E-state index contributed by atoms with van der Waals surface area (Å²) in [5.74, 6) is 1.43. The van der Waals surface area contributed by atoms with E-state index in [9.17, 15) is 14.3 Å². The van der Waals surface area contributed by atoms with Crippen molar-refractivity contribution in [2.45, 2.75) is 77.4 Å². The average molecular weight is 691 g/mol. The molecule has 1 aliphatic rings. The van der Waals surface area contributed by atoms with Crippen molar-refractivity contribution in [3.8, 4) is 11.9 Å². The second-order valence-electron chi connectivity index (χ2n) is 12.2. The Morgan fingerprint density at radius 1 is 1.06 bits per heavy atom. The van der Waals surface area contributed by atoms with E-state index in [1.807, 2.05) is 28.9 Å². The number of nitrogens with one attached hydrogen (secondary N) is 1. The number of ether oxygens (including phenoxy) is 3. The first kappa shape index (κ1) is 36.7. The fraction of sp³-hybridized carbons (Fsp3) is 0.528. The van der Waals surface area contributed by atoms with Gasteiger partial charge in [-0.15, -0.1) is 0 Å². The molecule has 4 aromatic rings. The van der Waals surface area contributed by atoms with Crippen molar-refractivity contribution >= 4 is 17.3 Å². The molecule has 0 unspecified atom stereocenters. The van der Waals surface area contributed by atoms with E-state index < -0.39 is 11.4 Å². The van der Waals surface area contributed by atoms with Crippen LogP contribution in [0.15, 0.2) is 47.5 Å². The van der Waals surface area contributed by atoms with Crippen molar-refractivity contribution in [2.24, 2.45) is 0 Å². The summed E-state index contributed by atoms with van der Waals surface area (Å²) in [5, 5.41) is 26.9. The van der Waals surface area contributed by atoms with Crippen molar-refractivity contribution < 1.29 is 23.7 Å². The number of nitriles is 1. The molecular weight excluding hydrogens is 643 g/mol. The maximum absolute atomic E-state index is 13.5. The minimum atomic E-state index is -0.851. The van der Waals surface area contributed by atoms with Crippen LogP contribution in [0.1, 0.15) is 68.7 Å². The number of hydrogen-bond acceptors (Lipinski definition) is 11. The lowest BCUT2D eigenvalue weighted by molar-refractivity contribution is 0.0347. The molecule has 0 bridgehead atoms. The minimum Gasteiger partial charge on any atom is -0.475 e. The van der Waals surface area contributed by atoms with Crippen LogP contribution in [0.4, 0.5) is 16.0 Å². The van der Waals surface area contributed by atoms with E-state index >= 15 is 0 Å². The Morgan fingerprint density at radius 3 is 2.68 bits per heavy atom. The van der Waals surface area contributed by atoms with Crippen molar-refractivity contribution in [2.75, 3.05) is 56.4 Å². The van der Waals surface area contributed by atoms with E-state index in [4.69, 9.17) is 24.5 Å². The zero-order valence-corrected chi connectivity index (χ0v) is 28.7. The summed E-state index contributed by atoms with van der Waals surface area (Å²) in [5.41, 5.74) is 2.33.